The topological polar surface area (TPSA) is 35.5 Å². The predicted molar refractivity (Wildman–Crippen MR) is 113 cm³/mol. The fraction of sp³-hybridized carbons (Fsp3) is 0.318. The van der Waals surface area contributed by atoms with E-state index in [0.717, 1.165) is 28.8 Å². The molecule has 2 rings (SSSR count). The minimum atomic E-state index is -0.0370. The second-order valence-electron chi connectivity index (χ2n) is 5.07. The van der Waals surface area contributed by atoms with Crippen molar-refractivity contribution in [2.75, 3.05) is 13.2 Å². The minimum absolute atomic E-state index is 0.0370. The van der Waals surface area contributed by atoms with Gasteiger partial charge in [-0.2, -0.15) is 0 Å². The van der Waals surface area contributed by atoms with E-state index in [1.165, 1.54) is 0 Å². The second kappa shape index (κ2) is 15.5. The van der Waals surface area contributed by atoms with Crippen LogP contribution in [0, 0.1) is 0 Å². The lowest BCUT2D eigenvalue weighted by atomic mass is 10.0. The summed E-state index contributed by atoms with van der Waals surface area (Å²) in [7, 11) is 0. The minimum Gasteiger partial charge on any atom is -0.353 e. The van der Waals surface area contributed by atoms with Gasteiger partial charge in [-0.05, 0) is 38.5 Å². The van der Waals surface area contributed by atoms with Crippen molar-refractivity contribution in [3.8, 4) is 0 Å². The summed E-state index contributed by atoms with van der Waals surface area (Å²) in [5.74, 6) is 0.152. The Morgan fingerprint density at radius 3 is 1.92 bits per heavy atom. The molecule has 3 nitrogen and oxygen atoms in total. The first-order valence-corrected chi connectivity index (χ1v) is 9.42. The molecule has 0 atom stereocenters. The monoisotopic (exact) mass is 420 g/mol. The number of carbonyl (C=O) groups is 1. The fourth-order valence-corrected chi connectivity index (χ4v) is 2.30. The molecule has 0 aliphatic heterocycles. The van der Waals surface area contributed by atoms with Gasteiger partial charge in [0, 0.05) is 29.7 Å². The molecule has 0 spiro atoms. The van der Waals surface area contributed by atoms with E-state index in [2.05, 4.69) is 29.1 Å². The molecule has 0 aromatic heterocycles. The third-order valence-electron chi connectivity index (χ3n) is 3.18. The van der Waals surface area contributed by atoms with Gasteiger partial charge in [0.1, 0.15) is 0 Å². The zero-order valence-corrected chi connectivity index (χ0v) is 17.5. The van der Waals surface area contributed by atoms with Crippen molar-refractivity contribution in [2.24, 2.45) is 0 Å². The van der Waals surface area contributed by atoms with Crippen LogP contribution >= 0.6 is 15.9 Å². The van der Waals surface area contributed by atoms with E-state index in [4.69, 9.17) is 9.47 Å². The highest BCUT2D eigenvalue weighted by molar-refractivity contribution is 9.10. The molecule has 0 heterocycles. The van der Waals surface area contributed by atoms with Crippen molar-refractivity contribution in [2.45, 2.75) is 33.5 Å². The smallest absolute Gasteiger partial charge is 0.167 e. The van der Waals surface area contributed by atoms with E-state index < -0.39 is 0 Å². The van der Waals surface area contributed by atoms with Gasteiger partial charge in [-0.1, -0.05) is 58.4 Å². The average Bonchev–Trinajstić information content (AvgIpc) is 2.66. The van der Waals surface area contributed by atoms with Crippen LogP contribution in [-0.2, 0) is 15.9 Å². The molecule has 0 radical (unpaired) electrons. The maximum atomic E-state index is 11.9. The molecule has 0 saturated carbocycles. The number of carbonyl (C=O) groups excluding carboxylic acids is 1. The quantitative estimate of drug-likeness (QED) is 0.309. The van der Waals surface area contributed by atoms with Gasteiger partial charge < -0.3 is 9.47 Å². The van der Waals surface area contributed by atoms with Gasteiger partial charge >= 0.3 is 0 Å². The van der Waals surface area contributed by atoms with Crippen LogP contribution in [-0.4, -0.2) is 25.3 Å². The Hall–Kier alpha value is -1.75. The molecule has 0 unspecified atom stereocenters. The van der Waals surface area contributed by atoms with E-state index in [0.29, 0.717) is 6.42 Å². The normalized spacial score (nSPS) is 9.58. The number of benzene rings is 2. The molecule has 0 fully saturated rings. The van der Waals surface area contributed by atoms with Crippen LogP contribution in [0.3, 0.4) is 0 Å². The number of rotatable bonds is 7. The van der Waals surface area contributed by atoms with E-state index in [-0.39, 0.29) is 12.1 Å². The average molecular weight is 421 g/mol. The second-order valence-corrected chi connectivity index (χ2v) is 5.99. The van der Waals surface area contributed by atoms with Crippen molar-refractivity contribution in [3.05, 3.63) is 83.4 Å². The van der Waals surface area contributed by atoms with Crippen molar-refractivity contribution in [3.63, 3.8) is 0 Å². The molecular formula is C22H29BrO3. The summed E-state index contributed by atoms with van der Waals surface area (Å²) in [5, 5.41) is 0. The molecule has 0 saturated heterocycles. The lowest BCUT2D eigenvalue weighted by Crippen LogP contribution is -2.11. The zero-order chi connectivity index (χ0) is 19.8. The summed E-state index contributed by atoms with van der Waals surface area (Å²) < 4.78 is 11.1. The highest BCUT2D eigenvalue weighted by Crippen LogP contribution is 2.12. The first-order valence-electron chi connectivity index (χ1n) is 8.62. The molecule has 4 heteroatoms. The lowest BCUT2D eigenvalue weighted by molar-refractivity contribution is -0.123. The molecule has 0 amide bonds. The summed E-state index contributed by atoms with van der Waals surface area (Å²) in [6.45, 7) is 13.3. The Morgan fingerprint density at radius 2 is 1.46 bits per heavy atom. The predicted octanol–water partition coefficient (Wildman–Crippen LogP) is 6.08. The van der Waals surface area contributed by atoms with Gasteiger partial charge in [0.25, 0.3) is 0 Å². The summed E-state index contributed by atoms with van der Waals surface area (Å²) in [5.41, 5.74) is 1.81. The SMILES string of the molecule is C=C.CCOC(C)OCC.O=C(Cc1ccccc1)c1ccc(Br)cc1. The highest BCUT2D eigenvalue weighted by atomic mass is 79.9. The van der Waals surface area contributed by atoms with E-state index in [9.17, 15) is 4.79 Å². The van der Waals surface area contributed by atoms with E-state index in [1.807, 2.05) is 75.4 Å². The number of hydrogen-bond acceptors (Lipinski definition) is 3. The standard InChI is InChI=1S/C14H11BrO.C6H14O2.C2H4/c15-13-8-6-12(7-9-13)14(16)10-11-4-2-1-3-5-11;1-4-7-6(3)8-5-2;1-2/h1-9H,10H2;6H,4-5H2,1-3H3;1-2H2. The Balaban J connectivity index is 0.000000533. The van der Waals surface area contributed by atoms with Crippen LogP contribution < -0.4 is 0 Å². The summed E-state index contributed by atoms with van der Waals surface area (Å²) in [6.07, 6.45) is 0.424. The summed E-state index contributed by atoms with van der Waals surface area (Å²) in [6, 6.07) is 17.2. The van der Waals surface area contributed by atoms with Gasteiger partial charge in [0.05, 0.1) is 0 Å². The molecular weight excluding hydrogens is 392 g/mol. The Morgan fingerprint density at radius 1 is 0.962 bits per heavy atom. The largest absolute Gasteiger partial charge is 0.353 e. The van der Waals surface area contributed by atoms with Gasteiger partial charge in [-0.3, -0.25) is 4.79 Å². The Labute approximate surface area is 166 Å². The molecule has 142 valence electrons. The number of Topliss-reactive ketones (excluding diaryl/α,β-unsaturated/α-hetero) is 1. The number of ketones is 1. The maximum Gasteiger partial charge on any atom is 0.167 e. The number of halogens is 1. The maximum absolute atomic E-state index is 11.9. The van der Waals surface area contributed by atoms with Crippen LogP contribution in [0.5, 0.6) is 0 Å². The molecule has 2 aromatic rings. The van der Waals surface area contributed by atoms with Crippen LogP contribution in [0.1, 0.15) is 36.7 Å². The van der Waals surface area contributed by atoms with Gasteiger partial charge in [0.2, 0.25) is 0 Å². The summed E-state index contributed by atoms with van der Waals surface area (Å²) in [4.78, 5) is 11.9. The number of hydrogen-bond donors (Lipinski definition) is 0. The summed E-state index contributed by atoms with van der Waals surface area (Å²) >= 11 is 3.35. The van der Waals surface area contributed by atoms with E-state index >= 15 is 0 Å². The highest BCUT2D eigenvalue weighted by Gasteiger charge is 2.06. The van der Waals surface area contributed by atoms with Crippen LogP contribution in [0.2, 0.25) is 0 Å². The number of ether oxygens (including phenoxy) is 2. The van der Waals surface area contributed by atoms with Crippen molar-refractivity contribution in [1.29, 1.82) is 0 Å². The van der Waals surface area contributed by atoms with Gasteiger partial charge in [-0.25, -0.2) is 0 Å². The third kappa shape index (κ3) is 11.0. The lowest BCUT2D eigenvalue weighted by Gasteiger charge is -2.09. The molecule has 0 bridgehead atoms. The Bertz CT molecular complexity index is 591. The van der Waals surface area contributed by atoms with Gasteiger partial charge in [-0.15, -0.1) is 13.2 Å². The first kappa shape index (κ1) is 24.2. The first-order chi connectivity index (χ1) is 12.6. The fourth-order valence-electron chi connectivity index (χ4n) is 2.04. The van der Waals surface area contributed by atoms with Crippen LogP contribution in [0.25, 0.3) is 0 Å². The van der Waals surface area contributed by atoms with Crippen LogP contribution in [0.4, 0.5) is 0 Å². The molecule has 2 aromatic carbocycles. The van der Waals surface area contributed by atoms with E-state index in [1.54, 1.807) is 0 Å². The van der Waals surface area contributed by atoms with Crippen LogP contribution in [0.15, 0.2) is 72.2 Å². The Kier molecular flexibility index (Phi) is 14.5. The molecule has 0 aliphatic rings. The van der Waals surface area contributed by atoms with Crippen molar-refractivity contribution < 1.29 is 14.3 Å². The van der Waals surface area contributed by atoms with Crippen molar-refractivity contribution in [1.82, 2.24) is 0 Å². The van der Waals surface area contributed by atoms with Crippen molar-refractivity contribution >= 4 is 21.7 Å². The third-order valence-corrected chi connectivity index (χ3v) is 3.71. The molecule has 0 N–H and O–H groups in total. The zero-order valence-electron chi connectivity index (χ0n) is 15.9. The van der Waals surface area contributed by atoms with Gasteiger partial charge in [0.15, 0.2) is 12.1 Å². The molecule has 0 aliphatic carbocycles. The molecule has 26 heavy (non-hydrogen) atoms.